The van der Waals surface area contributed by atoms with Gasteiger partial charge < -0.3 is 10.2 Å². The molecule has 4 nitrogen and oxygen atoms in total. The third kappa shape index (κ3) is 2.44. The Kier molecular flexibility index (Phi) is 3.63. The summed E-state index contributed by atoms with van der Waals surface area (Å²) in [6, 6.07) is 8.12. The van der Waals surface area contributed by atoms with Crippen LogP contribution in [0.15, 0.2) is 36.4 Å². The summed E-state index contributed by atoms with van der Waals surface area (Å²) in [5.74, 6) is -2.51. The third-order valence-corrected chi connectivity index (χ3v) is 4.31. The Hall–Kier alpha value is -2.76. The fourth-order valence-electron chi connectivity index (χ4n) is 2.89. The molecule has 0 bridgehead atoms. The molecule has 0 saturated carbocycles. The van der Waals surface area contributed by atoms with Crippen LogP contribution in [0.2, 0.25) is 0 Å². The van der Waals surface area contributed by atoms with E-state index in [2.05, 4.69) is 5.32 Å². The van der Waals surface area contributed by atoms with Crippen molar-refractivity contribution in [1.82, 2.24) is 0 Å². The highest BCUT2D eigenvalue weighted by Gasteiger charge is 2.42. The molecule has 1 heterocycles. The minimum atomic E-state index is -1.03. The van der Waals surface area contributed by atoms with Gasteiger partial charge in [-0.25, -0.2) is 8.78 Å². The van der Waals surface area contributed by atoms with Crippen LogP contribution in [0, 0.1) is 11.6 Å². The van der Waals surface area contributed by atoms with E-state index in [1.165, 1.54) is 6.07 Å². The first-order valence-electron chi connectivity index (χ1n) is 7.41. The van der Waals surface area contributed by atoms with Crippen molar-refractivity contribution in [3.05, 3.63) is 59.2 Å². The lowest BCUT2D eigenvalue weighted by Gasteiger charge is -2.16. The lowest BCUT2D eigenvalue weighted by atomic mass is 9.85. The Balaban J connectivity index is 1.91. The summed E-state index contributed by atoms with van der Waals surface area (Å²) in [5, 5.41) is 2.52. The van der Waals surface area contributed by atoms with E-state index in [0.717, 1.165) is 23.4 Å². The number of anilines is 2. The van der Waals surface area contributed by atoms with Gasteiger partial charge in [-0.3, -0.25) is 9.59 Å². The number of hydrogen-bond acceptors (Lipinski definition) is 2. The van der Waals surface area contributed by atoms with Crippen molar-refractivity contribution in [3.63, 3.8) is 0 Å². The number of hydrogen-bond donors (Lipinski definition) is 1. The number of benzene rings is 2. The van der Waals surface area contributed by atoms with Crippen LogP contribution in [0.1, 0.15) is 29.8 Å². The maximum absolute atomic E-state index is 13.2. The Bertz CT molecular complexity index is 862. The van der Waals surface area contributed by atoms with E-state index in [4.69, 9.17) is 0 Å². The molecule has 1 aliphatic rings. The zero-order valence-electron chi connectivity index (χ0n) is 13.5. The highest BCUT2D eigenvalue weighted by molar-refractivity contribution is 6.09. The minimum Gasteiger partial charge on any atom is -0.322 e. The number of carbonyl (C=O) groups excluding carboxylic acids is 2. The molecule has 2 amide bonds. The molecular formula is C18H16F2N2O2. The van der Waals surface area contributed by atoms with Crippen molar-refractivity contribution in [2.24, 2.45) is 0 Å². The SMILES string of the molecule is CN1C(=O)C(C)(C)c2cc(C(=O)Nc3ccc(F)c(F)c3)ccc21. The van der Waals surface area contributed by atoms with Crippen molar-refractivity contribution in [1.29, 1.82) is 0 Å². The Morgan fingerprint density at radius 2 is 1.79 bits per heavy atom. The zero-order chi connectivity index (χ0) is 17.6. The van der Waals surface area contributed by atoms with Crippen LogP contribution in [0.4, 0.5) is 20.2 Å². The van der Waals surface area contributed by atoms with Gasteiger partial charge in [0.05, 0.1) is 5.41 Å². The third-order valence-electron chi connectivity index (χ3n) is 4.31. The number of nitrogens with one attached hydrogen (secondary N) is 1. The van der Waals surface area contributed by atoms with Gasteiger partial charge in [-0.15, -0.1) is 0 Å². The average Bonchev–Trinajstić information content (AvgIpc) is 2.72. The normalized spacial score (nSPS) is 15.4. The summed E-state index contributed by atoms with van der Waals surface area (Å²) >= 11 is 0. The number of carbonyl (C=O) groups is 2. The van der Waals surface area contributed by atoms with E-state index in [-0.39, 0.29) is 11.6 Å². The first-order chi connectivity index (χ1) is 11.2. The van der Waals surface area contributed by atoms with E-state index < -0.39 is 23.0 Å². The number of amides is 2. The maximum Gasteiger partial charge on any atom is 0.255 e. The zero-order valence-corrected chi connectivity index (χ0v) is 13.5. The molecule has 24 heavy (non-hydrogen) atoms. The maximum atomic E-state index is 13.2. The molecule has 0 spiro atoms. The Morgan fingerprint density at radius 3 is 2.46 bits per heavy atom. The van der Waals surface area contributed by atoms with Crippen LogP contribution in [0.3, 0.4) is 0 Å². The predicted octanol–water partition coefficient (Wildman–Crippen LogP) is 3.47. The van der Waals surface area contributed by atoms with E-state index in [0.29, 0.717) is 5.56 Å². The topological polar surface area (TPSA) is 49.4 Å². The van der Waals surface area contributed by atoms with Gasteiger partial charge in [0.1, 0.15) is 0 Å². The van der Waals surface area contributed by atoms with E-state index in [1.807, 2.05) is 0 Å². The average molecular weight is 330 g/mol. The van der Waals surface area contributed by atoms with Gasteiger partial charge in [-0.2, -0.15) is 0 Å². The van der Waals surface area contributed by atoms with Gasteiger partial charge in [0.15, 0.2) is 11.6 Å². The molecule has 2 aromatic rings. The highest BCUT2D eigenvalue weighted by Crippen LogP contribution is 2.41. The molecule has 0 radical (unpaired) electrons. The largest absolute Gasteiger partial charge is 0.322 e. The summed E-state index contributed by atoms with van der Waals surface area (Å²) in [7, 11) is 1.69. The van der Waals surface area contributed by atoms with Crippen LogP contribution in [0.5, 0.6) is 0 Å². The van der Waals surface area contributed by atoms with E-state index >= 15 is 0 Å². The van der Waals surface area contributed by atoms with Crippen LogP contribution < -0.4 is 10.2 Å². The summed E-state index contributed by atoms with van der Waals surface area (Å²) in [4.78, 5) is 26.2. The summed E-state index contributed by atoms with van der Waals surface area (Å²) in [6.45, 7) is 3.60. The monoisotopic (exact) mass is 330 g/mol. The van der Waals surface area contributed by atoms with Crippen molar-refractivity contribution in [2.45, 2.75) is 19.3 Å². The van der Waals surface area contributed by atoms with Crippen LogP contribution in [0.25, 0.3) is 0 Å². The number of fused-ring (bicyclic) bond motifs is 1. The molecule has 0 atom stereocenters. The first kappa shape index (κ1) is 16.1. The lowest BCUT2D eigenvalue weighted by Crippen LogP contribution is -2.33. The first-order valence-corrected chi connectivity index (χ1v) is 7.41. The van der Waals surface area contributed by atoms with Crippen LogP contribution in [-0.4, -0.2) is 18.9 Å². The Labute approximate surface area is 138 Å². The van der Waals surface area contributed by atoms with Crippen LogP contribution in [-0.2, 0) is 10.2 Å². The lowest BCUT2D eigenvalue weighted by molar-refractivity contribution is -0.121. The molecule has 3 rings (SSSR count). The van der Waals surface area contributed by atoms with Gasteiger partial charge in [0, 0.05) is 30.1 Å². The van der Waals surface area contributed by atoms with Gasteiger partial charge >= 0.3 is 0 Å². The highest BCUT2D eigenvalue weighted by atomic mass is 19.2. The van der Waals surface area contributed by atoms with Crippen molar-refractivity contribution in [2.75, 3.05) is 17.3 Å². The molecule has 6 heteroatoms. The van der Waals surface area contributed by atoms with Gasteiger partial charge in [0.25, 0.3) is 5.91 Å². The molecule has 0 aliphatic carbocycles. The fourth-order valence-corrected chi connectivity index (χ4v) is 2.89. The smallest absolute Gasteiger partial charge is 0.255 e. The molecule has 0 aromatic heterocycles. The fraction of sp³-hybridized carbons (Fsp3) is 0.222. The van der Waals surface area contributed by atoms with Gasteiger partial charge in [-0.1, -0.05) is 0 Å². The molecule has 124 valence electrons. The molecule has 0 unspecified atom stereocenters. The molecule has 0 saturated heterocycles. The van der Waals surface area contributed by atoms with Crippen LogP contribution >= 0.6 is 0 Å². The van der Waals surface area contributed by atoms with Crippen molar-refractivity contribution in [3.8, 4) is 0 Å². The number of rotatable bonds is 2. The molecule has 1 N–H and O–H groups in total. The summed E-state index contributed by atoms with van der Waals surface area (Å²) in [5.41, 5.74) is 1.30. The molecule has 1 aliphatic heterocycles. The second-order valence-electron chi connectivity index (χ2n) is 6.30. The minimum absolute atomic E-state index is 0.0457. The molecule has 2 aromatic carbocycles. The summed E-state index contributed by atoms with van der Waals surface area (Å²) in [6.07, 6.45) is 0. The van der Waals surface area contributed by atoms with E-state index in [9.17, 15) is 18.4 Å². The quantitative estimate of drug-likeness (QED) is 0.916. The number of halogens is 2. The molecular weight excluding hydrogens is 314 g/mol. The second-order valence-corrected chi connectivity index (χ2v) is 6.30. The van der Waals surface area contributed by atoms with Gasteiger partial charge in [0.2, 0.25) is 5.91 Å². The summed E-state index contributed by atoms with van der Waals surface area (Å²) < 4.78 is 26.2. The standard InChI is InChI=1S/C18H16F2N2O2/c1-18(2)12-8-10(4-7-15(12)22(3)17(18)24)16(23)21-11-5-6-13(19)14(20)9-11/h4-9H,1-3H3,(H,21,23). The Morgan fingerprint density at radius 1 is 1.08 bits per heavy atom. The second kappa shape index (κ2) is 5.40. The van der Waals surface area contributed by atoms with Gasteiger partial charge in [-0.05, 0) is 49.7 Å². The number of nitrogens with zero attached hydrogens (tertiary/aromatic N) is 1. The number of likely N-dealkylation sites (N-methyl/N-ethyl adjacent to an activating group) is 1. The van der Waals surface area contributed by atoms with Crippen molar-refractivity contribution < 1.29 is 18.4 Å². The van der Waals surface area contributed by atoms with E-state index in [1.54, 1.807) is 44.0 Å². The molecule has 0 fully saturated rings. The predicted molar refractivity (Wildman–Crippen MR) is 87.2 cm³/mol. The van der Waals surface area contributed by atoms with Crippen molar-refractivity contribution >= 4 is 23.2 Å².